The summed E-state index contributed by atoms with van der Waals surface area (Å²) >= 11 is 0. The number of nitrogens with zero attached hydrogens (tertiary/aromatic N) is 1. The average molecular weight is 284 g/mol. The highest BCUT2D eigenvalue weighted by molar-refractivity contribution is 5.82. The Morgan fingerprint density at radius 2 is 1.81 bits per heavy atom. The highest BCUT2D eigenvalue weighted by Gasteiger charge is 2.20. The van der Waals surface area contributed by atoms with Crippen LogP contribution in [0.4, 0.5) is 0 Å². The maximum Gasteiger partial charge on any atom is 0.211 e. The van der Waals surface area contributed by atoms with Gasteiger partial charge in [0, 0.05) is 5.39 Å². The Morgan fingerprint density at radius 1 is 1.05 bits per heavy atom. The lowest BCUT2D eigenvalue weighted by Crippen LogP contribution is -2.22. The van der Waals surface area contributed by atoms with Crippen molar-refractivity contribution in [2.45, 2.75) is 39.8 Å². The van der Waals surface area contributed by atoms with E-state index < -0.39 is 0 Å². The van der Waals surface area contributed by atoms with Gasteiger partial charge in [0.2, 0.25) is 5.89 Å². The van der Waals surface area contributed by atoms with Crippen LogP contribution >= 0.6 is 0 Å². The van der Waals surface area contributed by atoms with Crippen LogP contribution in [-0.4, -0.2) is 4.98 Å². The Bertz CT molecular complexity index is 757. The lowest BCUT2D eigenvalue weighted by atomic mass is 10.1. The molecule has 0 spiro atoms. The van der Waals surface area contributed by atoms with Crippen molar-refractivity contribution >= 4 is 11.0 Å². The highest BCUT2D eigenvalue weighted by Crippen LogP contribution is 2.30. The second kappa shape index (κ2) is 5.37. The molecule has 4 heteroatoms. The van der Waals surface area contributed by atoms with Crippen molar-refractivity contribution in [3.05, 3.63) is 53.4 Å². The summed E-state index contributed by atoms with van der Waals surface area (Å²) in [6, 6.07) is 8.22. The van der Waals surface area contributed by atoms with Crippen molar-refractivity contribution in [3.63, 3.8) is 0 Å². The summed E-state index contributed by atoms with van der Waals surface area (Å²) < 4.78 is 11.6. The van der Waals surface area contributed by atoms with Crippen LogP contribution in [-0.2, 0) is 0 Å². The van der Waals surface area contributed by atoms with Crippen LogP contribution in [0.25, 0.3) is 11.0 Å². The van der Waals surface area contributed by atoms with E-state index in [0.717, 1.165) is 17.1 Å². The molecule has 21 heavy (non-hydrogen) atoms. The van der Waals surface area contributed by atoms with Gasteiger partial charge in [0.25, 0.3) is 0 Å². The van der Waals surface area contributed by atoms with Crippen molar-refractivity contribution in [1.29, 1.82) is 0 Å². The molecule has 3 aromatic rings. The first-order valence-corrected chi connectivity index (χ1v) is 7.22. The standard InChI is InChI=1S/C17H20N2O2/c1-10-9-18-17(20-10)13(4)19-12(3)16-11(2)14-7-5-6-8-15(14)21-16/h5-9,12-13,19H,1-4H3. The topological polar surface area (TPSA) is 51.2 Å². The molecule has 1 aromatic carbocycles. The van der Waals surface area contributed by atoms with Crippen LogP contribution in [0.3, 0.4) is 0 Å². The monoisotopic (exact) mass is 284 g/mol. The van der Waals surface area contributed by atoms with E-state index in [4.69, 9.17) is 8.83 Å². The third-order valence-electron chi connectivity index (χ3n) is 3.78. The van der Waals surface area contributed by atoms with Crippen molar-refractivity contribution in [1.82, 2.24) is 10.3 Å². The zero-order chi connectivity index (χ0) is 15.0. The van der Waals surface area contributed by atoms with Crippen LogP contribution in [0.2, 0.25) is 0 Å². The third-order valence-corrected chi connectivity index (χ3v) is 3.78. The summed E-state index contributed by atoms with van der Waals surface area (Å²) in [5.41, 5.74) is 2.11. The van der Waals surface area contributed by atoms with Gasteiger partial charge < -0.3 is 8.83 Å². The zero-order valence-corrected chi connectivity index (χ0v) is 12.8. The Hall–Kier alpha value is -2.07. The molecule has 0 aliphatic carbocycles. The Kier molecular flexibility index (Phi) is 3.55. The molecule has 2 aromatic heterocycles. The molecule has 1 N–H and O–H groups in total. The van der Waals surface area contributed by atoms with E-state index in [0.29, 0.717) is 5.89 Å². The first-order chi connectivity index (χ1) is 10.1. The minimum absolute atomic E-state index is 0.0290. The van der Waals surface area contributed by atoms with Gasteiger partial charge in [-0.15, -0.1) is 0 Å². The largest absolute Gasteiger partial charge is 0.459 e. The lowest BCUT2D eigenvalue weighted by Gasteiger charge is -2.16. The summed E-state index contributed by atoms with van der Waals surface area (Å²) in [7, 11) is 0. The molecule has 4 nitrogen and oxygen atoms in total. The highest BCUT2D eigenvalue weighted by atomic mass is 16.4. The predicted octanol–water partition coefficient (Wildman–Crippen LogP) is 4.45. The molecule has 0 amide bonds. The van der Waals surface area contributed by atoms with Crippen LogP contribution in [0.1, 0.15) is 48.9 Å². The molecule has 0 saturated carbocycles. The Balaban J connectivity index is 1.83. The predicted molar refractivity (Wildman–Crippen MR) is 82.2 cm³/mol. The van der Waals surface area contributed by atoms with Crippen molar-refractivity contribution in [3.8, 4) is 0 Å². The Morgan fingerprint density at radius 3 is 2.48 bits per heavy atom. The molecular formula is C17H20N2O2. The number of oxazole rings is 1. The van der Waals surface area contributed by atoms with Gasteiger partial charge >= 0.3 is 0 Å². The minimum Gasteiger partial charge on any atom is -0.459 e. The average Bonchev–Trinajstić information content (AvgIpc) is 3.04. The molecule has 0 radical (unpaired) electrons. The number of rotatable bonds is 4. The van der Waals surface area contributed by atoms with Gasteiger partial charge in [0.05, 0.1) is 18.3 Å². The van der Waals surface area contributed by atoms with E-state index in [1.807, 2.05) is 32.0 Å². The summed E-state index contributed by atoms with van der Waals surface area (Å²) in [5, 5.41) is 4.64. The molecule has 0 aliphatic rings. The molecule has 2 unspecified atom stereocenters. The maximum absolute atomic E-state index is 5.99. The zero-order valence-electron chi connectivity index (χ0n) is 12.8. The summed E-state index contributed by atoms with van der Waals surface area (Å²) in [4.78, 5) is 4.27. The van der Waals surface area contributed by atoms with Gasteiger partial charge in [-0.3, -0.25) is 5.32 Å². The minimum atomic E-state index is 0.0290. The van der Waals surface area contributed by atoms with Gasteiger partial charge in [0.1, 0.15) is 17.1 Å². The fraction of sp³-hybridized carbons (Fsp3) is 0.353. The fourth-order valence-electron chi connectivity index (χ4n) is 2.70. The summed E-state index contributed by atoms with van der Waals surface area (Å²) in [6.45, 7) is 8.13. The lowest BCUT2D eigenvalue weighted by molar-refractivity contribution is 0.357. The van der Waals surface area contributed by atoms with Gasteiger partial charge in [0.15, 0.2) is 0 Å². The molecule has 2 atom stereocenters. The van der Waals surface area contributed by atoms with Gasteiger partial charge in [-0.2, -0.15) is 0 Å². The van der Waals surface area contributed by atoms with Crippen molar-refractivity contribution < 1.29 is 8.83 Å². The normalized spacial score (nSPS) is 14.5. The molecule has 110 valence electrons. The number of hydrogen-bond acceptors (Lipinski definition) is 4. The molecule has 2 heterocycles. The number of nitrogens with one attached hydrogen (secondary N) is 1. The maximum atomic E-state index is 5.99. The van der Waals surface area contributed by atoms with Crippen LogP contribution in [0, 0.1) is 13.8 Å². The van der Waals surface area contributed by atoms with Gasteiger partial charge in [-0.05, 0) is 39.3 Å². The number of fused-ring (bicyclic) bond motifs is 1. The number of aryl methyl sites for hydroxylation is 2. The number of benzene rings is 1. The van der Waals surface area contributed by atoms with E-state index >= 15 is 0 Å². The number of aromatic nitrogens is 1. The summed E-state index contributed by atoms with van der Waals surface area (Å²) in [5.74, 6) is 2.49. The van der Waals surface area contributed by atoms with Gasteiger partial charge in [-0.25, -0.2) is 4.98 Å². The van der Waals surface area contributed by atoms with Crippen molar-refractivity contribution in [2.75, 3.05) is 0 Å². The van der Waals surface area contributed by atoms with Crippen LogP contribution in [0.5, 0.6) is 0 Å². The van der Waals surface area contributed by atoms with E-state index in [1.165, 1.54) is 10.9 Å². The third kappa shape index (κ3) is 2.59. The molecule has 0 aliphatic heterocycles. The van der Waals surface area contributed by atoms with Crippen LogP contribution < -0.4 is 5.32 Å². The second-order valence-electron chi connectivity index (χ2n) is 5.51. The SMILES string of the molecule is Cc1cnc(C(C)NC(C)c2oc3ccccc3c2C)o1. The first kappa shape index (κ1) is 13.9. The quantitative estimate of drug-likeness (QED) is 0.769. The number of para-hydroxylation sites is 1. The molecule has 0 fully saturated rings. The molecule has 0 bridgehead atoms. The Labute approximate surface area is 124 Å². The molecular weight excluding hydrogens is 264 g/mol. The van der Waals surface area contributed by atoms with E-state index in [2.05, 4.69) is 30.2 Å². The van der Waals surface area contributed by atoms with E-state index in [1.54, 1.807) is 6.20 Å². The van der Waals surface area contributed by atoms with E-state index in [9.17, 15) is 0 Å². The second-order valence-corrected chi connectivity index (χ2v) is 5.51. The number of hydrogen-bond donors (Lipinski definition) is 1. The smallest absolute Gasteiger partial charge is 0.211 e. The molecule has 0 saturated heterocycles. The van der Waals surface area contributed by atoms with Crippen molar-refractivity contribution in [2.24, 2.45) is 0 Å². The van der Waals surface area contributed by atoms with E-state index in [-0.39, 0.29) is 12.1 Å². The summed E-state index contributed by atoms with van der Waals surface area (Å²) in [6.07, 6.45) is 1.74. The van der Waals surface area contributed by atoms with Gasteiger partial charge in [-0.1, -0.05) is 18.2 Å². The molecule has 3 rings (SSSR count). The fourth-order valence-corrected chi connectivity index (χ4v) is 2.70. The first-order valence-electron chi connectivity index (χ1n) is 7.22. The van der Waals surface area contributed by atoms with Crippen LogP contribution in [0.15, 0.2) is 39.3 Å². The number of furan rings is 1.